The highest BCUT2D eigenvalue weighted by Gasteiger charge is 2.19. The van der Waals surface area contributed by atoms with E-state index in [-0.39, 0.29) is 11.3 Å². The Balaban J connectivity index is 1.54. The van der Waals surface area contributed by atoms with Gasteiger partial charge < -0.3 is 5.32 Å². The van der Waals surface area contributed by atoms with Crippen LogP contribution in [0.15, 0.2) is 61.1 Å². The molecule has 1 N–H and O–H groups in total. The summed E-state index contributed by atoms with van der Waals surface area (Å²) in [5.41, 5.74) is 4.58. The lowest BCUT2D eigenvalue weighted by Gasteiger charge is -2.10. The minimum atomic E-state index is -0.515. The first-order valence-electron chi connectivity index (χ1n) is 10.7. The lowest BCUT2D eigenvalue weighted by atomic mass is 10.1. The lowest BCUT2D eigenvalue weighted by Crippen LogP contribution is -2.15. The standard InChI is InChI=1S/C24H20N8O3/c1-14-5-4-6-20(16(14)3)30-22-19(12-27-30)23(26-13-25-22)31-21(11-15(2)29-31)28-24(33)17-7-9-18(10-8-17)32(34)35/h4-13H,1-3H3,(H,28,33). The Morgan fingerprint density at radius 2 is 1.80 bits per heavy atom. The summed E-state index contributed by atoms with van der Waals surface area (Å²) in [4.78, 5) is 32.1. The average molecular weight is 468 g/mol. The van der Waals surface area contributed by atoms with Crippen molar-refractivity contribution < 1.29 is 9.72 Å². The van der Waals surface area contributed by atoms with E-state index in [2.05, 4.69) is 25.5 Å². The molecule has 0 radical (unpaired) electrons. The van der Waals surface area contributed by atoms with Crippen LogP contribution < -0.4 is 5.32 Å². The number of benzene rings is 2. The molecule has 5 rings (SSSR count). The average Bonchev–Trinajstić information content (AvgIpc) is 3.44. The first-order valence-corrected chi connectivity index (χ1v) is 10.7. The smallest absolute Gasteiger partial charge is 0.269 e. The maximum atomic E-state index is 12.8. The summed E-state index contributed by atoms with van der Waals surface area (Å²) in [7, 11) is 0. The summed E-state index contributed by atoms with van der Waals surface area (Å²) in [6, 6.07) is 13.1. The number of nitrogens with zero attached hydrogens (tertiary/aromatic N) is 7. The van der Waals surface area contributed by atoms with Gasteiger partial charge in [0.15, 0.2) is 11.5 Å². The van der Waals surface area contributed by atoms with E-state index in [1.54, 1.807) is 23.9 Å². The SMILES string of the molecule is Cc1cc(NC(=O)c2ccc([N+](=O)[O-])cc2)n(-c2ncnc3c2cnn3-c2cccc(C)c2C)n1. The first-order chi connectivity index (χ1) is 16.8. The van der Waals surface area contributed by atoms with E-state index in [1.165, 1.54) is 35.3 Å². The van der Waals surface area contributed by atoms with Gasteiger partial charge in [0.05, 0.1) is 27.9 Å². The quantitative estimate of drug-likeness (QED) is 0.303. The van der Waals surface area contributed by atoms with E-state index in [4.69, 9.17) is 0 Å². The molecule has 174 valence electrons. The van der Waals surface area contributed by atoms with Crippen molar-refractivity contribution in [2.45, 2.75) is 20.8 Å². The monoisotopic (exact) mass is 468 g/mol. The Bertz CT molecular complexity index is 1600. The summed E-state index contributed by atoms with van der Waals surface area (Å²) in [6.07, 6.45) is 3.10. The van der Waals surface area contributed by atoms with Crippen LogP contribution in [0.2, 0.25) is 0 Å². The van der Waals surface area contributed by atoms with Gasteiger partial charge >= 0.3 is 0 Å². The molecule has 11 heteroatoms. The largest absolute Gasteiger partial charge is 0.306 e. The Hall–Kier alpha value is -4.93. The van der Waals surface area contributed by atoms with Crippen molar-refractivity contribution in [3.8, 4) is 11.5 Å². The summed E-state index contributed by atoms with van der Waals surface area (Å²) in [5.74, 6) is 0.418. The molecule has 0 saturated carbocycles. The number of rotatable bonds is 5. The highest BCUT2D eigenvalue weighted by molar-refractivity contribution is 6.04. The van der Waals surface area contributed by atoms with Crippen LogP contribution in [0.25, 0.3) is 22.5 Å². The molecule has 0 fully saturated rings. The van der Waals surface area contributed by atoms with Crippen LogP contribution in [-0.2, 0) is 0 Å². The molecule has 0 bridgehead atoms. The van der Waals surface area contributed by atoms with Crippen molar-refractivity contribution in [3.05, 3.63) is 93.6 Å². The number of amides is 1. The van der Waals surface area contributed by atoms with Crippen molar-refractivity contribution in [1.29, 1.82) is 0 Å². The Morgan fingerprint density at radius 1 is 1.03 bits per heavy atom. The van der Waals surface area contributed by atoms with E-state index >= 15 is 0 Å². The molecular weight excluding hydrogens is 448 g/mol. The van der Waals surface area contributed by atoms with Gasteiger partial charge in [-0.05, 0) is 50.1 Å². The van der Waals surface area contributed by atoms with Crippen LogP contribution in [0.5, 0.6) is 0 Å². The second kappa shape index (κ2) is 8.45. The van der Waals surface area contributed by atoms with Crippen LogP contribution in [-0.4, -0.2) is 40.4 Å². The van der Waals surface area contributed by atoms with Crippen LogP contribution in [0.4, 0.5) is 11.5 Å². The minimum Gasteiger partial charge on any atom is -0.306 e. The maximum absolute atomic E-state index is 12.8. The number of aromatic nitrogens is 6. The maximum Gasteiger partial charge on any atom is 0.269 e. The molecule has 3 aromatic heterocycles. The zero-order valence-corrected chi connectivity index (χ0v) is 19.1. The van der Waals surface area contributed by atoms with Crippen molar-refractivity contribution in [3.63, 3.8) is 0 Å². The molecule has 0 spiro atoms. The first kappa shape index (κ1) is 21.9. The second-order valence-electron chi connectivity index (χ2n) is 8.05. The van der Waals surface area contributed by atoms with E-state index in [1.807, 2.05) is 32.0 Å². The number of nitro groups is 1. The Morgan fingerprint density at radius 3 is 2.54 bits per heavy atom. The Labute approximate surface area is 199 Å². The molecular formula is C24H20N8O3. The summed E-state index contributed by atoms with van der Waals surface area (Å²) >= 11 is 0. The molecule has 1 amide bonds. The fourth-order valence-electron chi connectivity index (χ4n) is 3.81. The number of carbonyl (C=O) groups excluding carboxylic acids is 1. The third kappa shape index (κ3) is 3.88. The molecule has 3 heterocycles. The van der Waals surface area contributed by atoms with E-state index in [0.717, 1.165) is 16.8 Å². The number of nitro benzene ring substituents is 1. The van der Waals surface area contributed by atoms with Gasteiger partial charge in [0.2, 0.25) is 0 Å². The Kier molecular flexibility index (Phi) is 5.28. The molecule has 0 saturated heterocycles. The van der Waals surface area contributed by atoms with Gasteiger partial charge in [-0.1, -0.05) is 12.1 Å². The lowest BCUT2D eigenvalue weighted by molar-refractivity contribution is -0.384. The molecule has 0 unspecified atom stereocenters. The number of hydrogen-bond acceptors (Lipinski definition) is 7. The summed E-state index contributed by atoms with van der Waals surface area (Å²) in [5, 5.41) is 23.4. The number of aryl methyl sites for hydroxylation is 2. The summed E-state index contributed by atoms with van der Waals surface area (Å²) in [6.45, 7) is 5.87. The van der Waals surface area contributed by atoms with Crippen molar-refractivity contribution in [1.82, 2.24) is 29.5 Å². The van der Waals surface area contributed by atoms with Crippen molar-refractivity contribution in [2.75, 3.05) is 5.32 Å². The van der Waals surface area contributed by atoms with Crippen LogP contribution in [0, 0.1) is 30.9 Å². The molecule has 0 aliphatic rings. The van der Waals surface area contributed by atoms with Crippen LogP contribution in [0.3, 0.4) is 0 Å². The second-order valence-corrected chi connectivity index (χ2v) is 8.05. The fourth-order valence-corrected chi connectivity index (χ4v) is 3.81. The predicted octanol–water partition coefficient (Wildman–Crippen LogP) is 4.09. The molecule has 0 atom stereocenters. The number of non-ortho nitro benzene ring substituents is 1. The van der Waals surface area contributed by atoms with Gasteiger partial charge in [-0.2, -0.15) is 14.9 Å². The van der Waals surface area contributed by atoms with Gasteiger partial charge in [0, 0.05) is 23.8 Å². The molecule has 5 aromatic rings. The molecule has 0 aliphatic heterocycles. The third-order valence-corrected chi connectivity index (χ3v) is 5.76. The van der Waals surface area contributed by atoms with Gasteiger partial charge in [0.1, 0.15) is 12.1 Å². The predicted molar refractivity (Wildman–Crippen MR) is 129 cm³/mol. The molecule has 35 heavy (non-hydrogen) atoms. The number of carbonyl (C=O) groups is 1. The number of anilines is 1. The fraction of sp³-hybridized carbons (Fsp3) is 0.125. The minimum absolute atomic E-state index is 0.0910. The van der Waals surface area contributed by atoms with Gasteiger partial charge in [-0.15, -0.1) is 0 Å². The highest BCUT2D eigenvalue weighted by Crippen LogP contribution is 2.26. The highest BCUT2D eigenvalue weighted by atomic mass is 16.6. The van der Waals surface area contributed by atoms with Gasteiger partial charge in [-0.3, -0.25) is 14.9 Å². The number of hydrogen-bond donors (Lipinski definition) is 1. The van der Waals surface area contributed by atoms with E-state index < -0.39 is 10.8 Å². The van der Waals surface area contributed by atoms with E-state index in [9.17, 15) is 14.9 Å². The zero-order valence-electron chi connectivity index (χ0n) is 19.1. The van der Waals surface area contributed by atoms with Gasteiger partial charge in [-0.25, -0.2) is 14.6 Å². The topological polar surface area (TPSA) is 134 Å². The number of fused-ring (bicyclic) bond motifs is 1. The molecule has 0 aliphatic carbocycles. The molecule has 11 nitrogen and oxygen atoms in total. The summed E-state index contributed by atoms with van der Waals surface area (Å²) < 4.78 is 3.28. The zero-order chi connectivity index (χ0) is 24.7. The van der Waals surface area contributed by atoms with Crippen molar-refractivity contribution in [2.24, 2.45) is 0 Å². The van der Waals surface area contributed by atoms with Gasteiger partial charge in [0.25, 0.3) is 11.6 Å². The van der Waals surface area contributed by atoms with Crippen LogP contribution >= 0.6 is 0 Å². The van der Waals surface area contributed by atoms with E-state index in [0.29, 0.717) is 28.4 Å². The normalized spacial score (nSPS) is 11.1. The van der Waals surface area contributed by atoms with Crippen LogP contribution in [0.1, 0.15) is 27.2 Å². The molecule has 2 aromatic carbocycles. The third-order valence-electron chi connectivity index (χ3n) is 5.76. The number of nitrogens with one attached hydrogen (secondary N) is 1. The van der Waals surface area contributed by atoms with Crippen molar-refractivity contribution >= 4 is 28.4 Å².